The number of hydrogen-bond acceptors (Lipinski definition) is 3. The molecule has 0 aliphatic rings. The Hall–Kier alpha value is -3.01. The Morgan fingerprint density at radius 2 is 1.86 bits per heavy atom. The minimum atomic E-state index is -0.493. The molecule has 0 amide bonds. The zero-order valence-electron chi connectivity index (χ0n) is 17.7. The third-order valence-electron chi connectivity index (χ3n) is 4.72. The number of fused-ring (bicyclic) bond motifs is 1. The lowest BCUT2D eigenvalue weighted by Gasteiger charge is -2.22. The first kappa shape index (κ1) is 20.7. The number of nitrogens with one attached hydrogen (secondary N) is 1. The molecule has 3 aromatic rings. The van der Waals surface area contributed by atoms with Gasteiger partial charge in [0.1, 0.15) is 5.60 Å². The summed E-state index contributed by atoms with van der Waals surface area (Å²) in [5.41, 5.74) is 4.45. The third-order valence-corrected chi connectivity index (χ3v) is 4.72. The lowest BCUT2D eigenvalue weighted by molar-refractivity contribution is -0.148. The van der Waals surface area contributed by atoms with E-state index in [1.165, 1.54) is 33.7 Å². The Morgan fingerprint density at radius 3 is 2.59 bits per heavy atom. The molecule has 1 aromatic heterocycles. The van der Waals surface area contributed by atoms with Crippen LogP contribution in [0.4, 0.5) is 0 Å². The smallest absolute Gasteiger partial charge is 0.332 e. The van der Waals surface area contributed by atoms with E-state index in [2.05, 4.69) is 53.3 Å². The number of H-pyrrole nitrogens is 1. The number of carbonyl (C=O) groups is 1. The van der Waals surface area contributed by atoms with Gasteiger partial charge >= 0.3 is 5.97 Å². The number of aromatic amines is 1. The summed E-state index contributed by atoms with van der Waals surface area (Å²) in [5.74, 6) is -0.321. The standard InChI is InChI=1S/C25H30N2O2/c1-19-9-8-12-22-24(19)21(17-26-22)13-15-27(18-20-10-6-5-7-11-20)16-14-23(28)29-25(2,3)4/h5-12,14,16-17,26H,13,15,18H2,1-4H3/b16-14+. The fourth-order valence-electron chi connectivity index (χ4n) is 3.44. The van der Waals surface area contributed by atoms with E-state index in [4.69, 9.17) is 4.74 Å². The molecule has 4 nitrogen and oxygen atoms in total. The van der Waals surface area contributed by atoms with Crippen molar-refractivity contribution < 1.29 is 9.53 Å². The first-order valence-corrected chi connectivity index (χ1v) is 10.1. The predicted octanol–water partition coefficient (Wildman–Crippen LogP) is 5.38. The molecule has 0 saturated heterocycles. The molecule has 0 atom stereocenters. The second-order valence-electron chi connectivity index (χ2n) is 8.37. The van der Waals surface area contributed by atoms with Gasteiger partial charge in [0, 0.05) is 42.5 Å². The third kappa shape index (κ3) is 5.98. The molecule has 1 N–H and O–H groups in total. The van der Waals surface area contributed by atoms with Gasteiger partial charge in [-0.3, -0.25) is 0 Å². The SMILES string of the molecule is Cc1cccc2[nH]cc(CCN(/C=C/C(=O)OC(C)(C)C)Cc3ccccc3)c12. The molecule has 0 bridgehead atoms. The molecular weight excluding hydrogens is 360 g/mol. The fourth-order valence-corrected chi connectivity index (χ4v) is 3.44. The number of rotatable bonds is 7. The summed E-state index contributed by atoms with van der Waals surface area (Å²) in [7, 11) is 0. The van der Waals surface area contributed by atoms with Gasteiger partial charge in [-0.2, -0.15) is 0 Å². The number of carbonyl (C=O) groups excluding carboxylic acids is 1. The number of esters is 1. The lowest BCUT2D eigenvalue weighted by atomic mass is 10.1. The number of hydrogen-bond donors (Lipinski definition) is 1. The molecule has 152 valence electrons. The average molecular weight is 391 g/mol. The van der Waals surface area contributed by atoms with Gasteiger partial charge in [0.25, 0.3) is 0 Å². The molecule has 0 spiro atoms. The number of benzene rings is 2. The number of nitrogens with zero attached hydrogens (tertiary/aromatic N) is 1. The van der Waals surface area contributed by atoms with Crippen LogP contribution in [0.1, 0.15) is 37.5 Å². The van der Waals surface area contributed by atoms with Crippen LogP contribution in [0.3, 0.4) is 0 Å². The molecule has 0 aliphatic carbocycles. The van der Waals surface area contributed by atoms with Crippen LogP contribution in [0.2, 0.25) is 0 Å². The highest BCUT2D eigenvalue weighted by atomic mass is 16.6. The van der Waals surface area contributed by atoms with Gasteiger partial charge in [-0.25, -0.2) is 4.79 Å². The zero-order valence-corrected chi connectivity index (χ0v) is 17.7. The second kappa shape index (κ2) is 8.99. The largest absolute Gasteiger partial charge is 0.457 e. The number of ether oxygens (including phenoxy) is 1. The van der Waals surface area contributed by atoms with Gasteiger partial charge in [-0.05, 0) is 56.9 Å². The minimum absolute atomic E-state index is 0.321. The minimum Gasteiger partial charge on any atom is -0.457 e. The normalized spacial score (nSPS) is 11.9. The van der Waals surface area contributed by atoms with Crippen molar-refractivity contribution in [2.24, 2.45) is 0 Å². The lowest BCUT2D eigenvalue weighted by Crippen LogP contribution is -2.24. The molecule has 4 heteroatoms. The average Bonchev–Trinajstić information content (AvgIpc) is 3.08. The van der Waals surface area contributed by atoms with Crippen molar-refractivity contribution in [1.29, 1.82) is 0 Å². The van der Waals surface area contributed by atoms with Crippen LogP contribution in [-0.2, 0) is 22.5 Å². The van der Waals surface area contributed by atoms with E-state index in [1.807, 2.05) is 45.2 Å². The highest BCUT2D eigenvalue weighted by Gasteiger charge is 2.14. The van der Waals surface area contributed by atoms with Crippen molar-refractivity contribution in [3.63, 3.8) is 0 Å². The summed E-state index contributed by atoms with van der Waals surface area (Å²) in [6.45, 7) is 9.31. The van der Waals surface area contributed by atoms with Crippen molar-refractivity contribution in [3.05, 3.63) is 83.7 Å². The van der Waals surface area contributed by atoms with E-state index < -0.39 is 5.60 Å². The summed E-state index contributed by atoms with van der Waals surface area (Å²) in [5, 5.41) is 1.29. The van der Waals surface area contributed by atoms with Gasteiger partial charge in [0.05, 0.1) is 0 Å². The van der Waals surface area contributed by atoms with Crippen LogP contribution in [0.15, 0.2) is 67.0 Å². The van der Waals surface area contributed by atoms with Crippen molar-refractivity contribution in [2.45, 2.75) is 46.3 Å². The van der Waals surface area contributed by atoms with Crippen LogP contribution in [0, 0.1) is 6.92 Å². The first-order valence-electron chi connectivity index (χ1n) is 10.1. The summed E-state index contributed by atoms with van der Waals surface area (Å²) < 4.78 is 5.40. The van der Waals surface area contributed by atoms with Crippen LogP contribution in [0.25, 0.3) is 10.9 Å². The predicted molar refractivity (Wildman–Crippen MR) is 119 cm³/mol. The van der Waals surface area contributed by atoms with Crippen LogP contribution < -0.4 is 0 Å². The maximum atomic E-state index is 12.1. The number of aromatic nitrogens is 1. The highest BCUT2D eigenvalue weighted by molar-refractivity contribution is 5.86. The van der Waals surface area contributed by atoms with Crippen molar-refractivity contribution >= 4 is 16.9 Å². The molecule has 1 heterocycles. The zero-order chi connectivity index (χ0) is 20.9. The number of aryl methyl sites for hydroxylation is 1. The Labute approximate surface area is 173 Å². The molecular formula is C25H30N2O2. The Balaban J connectivity index is 1.74. The van der Waals surface area contributed by atoms with E-state index >= 15 is 0 Å². The molecule has 0 unspecified atom stereocenters. The van der Waals surface area contributed by atoms with E-state index in [9.17, 15) is 4.79 Å². The van der Waals surface area contributed by atoms with Gasteiger partial charge in [0.2, 0.25) is 0 Å². The van der Waals surface area contributed by atoms with E-state index in [-0.39, 0.29) is 5.97 Å². The topological polar surface area (TPSA) is 45.3 Å². The molecule has 3 rings (SSSR count). The van der Waals surface area contributed by atoms with Crippen molar-refractivity contribution in [2.75, 3.05) is 6.54 Å². The monoisotopic (exact) mass is 390 g/mol. The molecule has 29 heavy (non-hydrogen) atoms. The highest BCUT2D eigenvalue weighted by Crippen LogP contribution is 2.23. The Kier molecular flexibility index (Phi) is 6.42. The first-order chi connectivity index (χ1) is 13.8. The second-order valence-corrected chi connectivity index (χ2v) is 8.37. The molecule has 0 aliphatic heterocycles. The molecule has 0 saturated carbocycles. The van der Waals surface area contributed by atoms with Gasteiger partial charge in [0.15, 0.2) is 0 Å². The quantitative estimate of drug-likeness (QED) is 0.435. The summed E-state index contributed by atoms with van der Waals surface area (Å²) in [6.07, 6.45) is 6.35. The van der Waals surface area contributed by atoms with Crippen LogP contribution in [-0.4, -0.2) is 28.0 Å². The Bertz CT molecular complexity index is 981. The van der Waals surface area contributed by atoms with Gasteiger partial charge < -0.3 is 14.6 Å². The van der Waals surface area contributed by atoms with Crippen LogP contribution in [0.5, 0.6) is 0 Å². The van der Waals surface area contributed by atoms with Gasteiger partial charge in [-0.1, -0.05) is 42.5 Å². The van der Waals surface area contributed by atoms with E-state index in [0.29, 0.717) is 0 Å². The summed E-state index contributed by atoms with van der Waals surface area (Å²) in [4.78, 5) is 17.7. The molecule has 0 fully saturated rings. The van der Waals surface area contributed by atoms with E-state index in [1.54, 1.807) is 0 Å². The van der Waals surface area contributed by atoms with Gasteiger partial charge in [-0.15, -0.1) is 0 Å². The summed E-state index contributed by atoms with van der Waals surface area (Å²) in [6, 6.07) is 16.6. The van der Waals surface area contributed by atoms with Crippen LogP contribution >= 0.6 is 0 Å². The molecule has 0 radical (unpaired) electrons. The maximum Gasteiger partial charge on any atom is 0.332 e. The van der Waals surface area contributed by atoms with Crippen molar-refractivity contribution in [3.8, 4) is 0 Å². The maximum absolute atomic E-state index is 12.1. The summed E-state index contributed by atoms with van der Waals surface area (Å²) >= 11 is 0. The Morgan fingerprint density at radius 1 is 1.10 bits per heavy atom. The molecule has 2 aromatic carbocycles. The van der Waals surface area contributed by atoms with E-state index in [0.717, 1.165) is 19.5 Å². The fraction of sp³-hybridized carbons (Fsp3) is 0.320. The van der Waals surface area contributed by atoms with Crippen molar-refractivity contribution in [1.82, 2.24) is 9.88 Å².